The minimum Gasteiger partial charge on any atom is -0.383 e. The second-order valence-corrected chi connectivity index (χ2v) is 4.24. The third-order valence-corrected chi connectivity index (χ3v) is 2.98. The standard InChI is InChI=1S/C10H17NOS/c1-8(7-12-3)11-9(2)10-5-4-6-13-10/h4-6,8-9,11H,7H2,1-3H3. The number of thiophene rings is 1. The Kier molecular flexibility index (Phi) is 4.42. The van der Waals surface area contributed by atoms with Crippen molar-refractivity contribution >= 4 is 11.3 Å². The molecule has 0 spiro atoms. The van der Waals surface area contributed by atoms with Gasteiger partial charge in [0.15, 0.2) is 0 Å². The van der Waals surface area contributed by atoms with Crippen LogP contribution < -0.4 is 5.32 Å². The number of methoxy groups -OCH3 is 1. The average Bonchev–Trinajstić information content (AvgIpc) is 2.55. The first-order chi connectivity index (χ1) is 6.24. The summed E-state index contributed by atoms with van der Waals surface area (Å²) in [4.78, 5) is 1.38. The van der Waals surface area contributed by atoms with Gasteiger partial charge in [0.2, 0.25) is 0 Å². The fourth-order valence-corrected chi connectivity index (χ4v) is 2.09. The van der Waals surface area contributed by atoms with Crippen molar-refractivity contribution in [3.05, 3.63) is 22.4 Å². The molecule has 0 aliphatic carbocycles. The molecule has 0 fully saturated rings. The van der Waals surface area contributed by atoms with Gasteiger partial charge in [0.1, 0.15) is 0 Å². The Morgan fingerprint density at radius 1 is 1.54 bits per heavy atom. The molecule has 2 atom stereocenters. The van der Waals surface area contributed by atoms with E-state index in [0.29, 0.717) is 12.1 Å². The monoisotopic (exact) mass is 199 g/mol. The van der Waals surface area contributed by atoms with Gasteiger partial charge in [0, 0.05) is 24.1 Å². The first kappa shape index (κ1) is 10.7. The largest absolute Gasteiger partial charge is 0.383 e. The molecule has 3 heteroatoms. The molecule has 1 aromatic rings. The highest BCUT2D eigenvalue weighted by atomic mass is 32.1. The van der Waals surface area contributed by atoms with Crippen molar-refractivity contribution in [3.8, 4) is 0 Å². The lowest BCUT2D eigenvalue weighted by molar-refractivity contribution is 0.168. The van der Waals surface area contributed by atoms with Crippen molar-refractivity contribution in [2.45, 2.75) is 25.9 Å². The van der Waals surface area contributed by atoms with Gasteiger partial charge in [-0.25, -0.2) is 0 Å². The molecule has 1 heterocycles. The van der Waals surface area contributed by atoms with Crippen LogP contribution in [0.4, 0.5) is 0 Å². The summed E-state index contributed by atoms with van der Waals surface area (Å²) in [5, 5.41) is 5.57. The van der Waals surface area contributed by atoms with Crippen molar-refractivity contribution in [1.29, 1.82) is 0 Å². The predicted molar refractivity (Wildman–Crippen MR) is 57.2 cm³/mol. The maximum absolute atomic E-state index is 5.06. The second kappa shape index (κ2) is 5.37. The molecule has 0 saturated carbocycles. The molecular formula is C10H17NOS. The summed E-state index contributed by atoms with van der Waals surface area (Å²) >= 11 is 1.79. The van der Waals surface area contributed by atoms with Gasteiger partial charge in [-0.3, -0.25) is 0 Å². The van der Waals surface area contributed by atoms with E-state index in [1.165, 1.54) is 4.88 Å². The first-order valence-corrected chi connectivity index (χ1v) is 5.40. The number of hydrogen-bond donors (Lipinski definition) is 1. The Balaban J connectivity index is 2.37. The van der Waals surface area contributed by atoms with Crippen LogP contribution in [0, 0.1) is 0 Å². The van der Waals surface area contributed by atoms with Crippen molar-refractivity contribution < 1.29 is 4.74 Å². The Morgan fingerprint density at radius 2 is 2.31 bits per heavy atom. The first-order valence-electron chi connectivity index (χ1n) is 4.52. The number of nitrogens with one attached hydrogen (secondary N) is 1. The maximum atomic E-state index is 5.06. The quantitative estimate of drug-likeness (QED) is 0.786. The van der Waals surface area contributed by atoms with E-state index in [1.54, 1.807) is 18.4 Å². The zero-order valence-corrected chi connectivity index (χ0v) is 9.23. The smallest absolute Gasteiger partial charge is 0.0613 e. The number of hydrogen-bond acceptors (Lipinski definition) is 3. The molecule has 0 aromatic carbocycles. The Labute approximate surface area is 83.9 Å². The molecule has 13 heavy (non-hydrogen) atoms. The van der Waals surface area contributed by atoms with Gasteiger partial charge in [-0.1, -0.05) is 6.07 Å². The highest BCUT2D eigenvalue weighted by Crippen LogP contribution is 2.18. The number of ether oxygens (including phenoxy) is 1. The SMILES string of the molecule is COCC(C)NC(C)c1cccs1. The summed E-state index contributed by atoms with van der Waals surface area (Å²) in [6.07, 6.45) is 0. The van der Waals surface area contributed by atoms with Crippen LogP contribution in [-0.2, 0) is 4.74 Å². The molecule has 1 rings (SSSR count). The van der Waals surface area contributed by atoms with Crippen LogP contribution in [0.5, 0.6) is 0 Å². The molecule has 2 nitrogen and oxygen atoms in total. The van der Waals surface area contributed by atoms with Crippen LogP contribution in [0.3, 0.4) is 0 Å². The molecular weight excluding hydrogens is 182 g/mol. The summed E-state index contributed by atoms with van der Waals surface area (Å²) < 4.78 is 5.06. The van der Waals surface area contributed by atoms with Gasteiger partial charge in [-0.2, -0.15) is 0 Å². The van der Waals surface area contributed by atoms with Crippen molar-refractivity contribution in [1.82, 2.24) is 5.32 Å². The fraction of sp³-hybridized carbons (Fsp3) is 0.600. The van der Waals surface area contributed by atoms with Crippen LogP contribution in [-0.4, -0.2) is 19.8 Å². The van der Waals surface area contributed by atoms with Crippen LogP contribution in [0.1, 0.15) is 24.8 Å². The molecule has 0 aliphatic rings. The molecule has 0 amide bonds. The molecule has 1 N–H and O–H groups in total. The van der Waals surface area contributed by atoms with E-state index < -0.39 is 0 Å². The minimum absolute atomic E-state index is 0.405. The van der Waals surface area contributed by atoms with Crippen molar-refractivity contribution in [2.75, 3.05) is 13.7 Å². The second-order valence-electron chi connectivity index (χ2n) is 3.26. The van der Waals surface area contributed by atoms with Crippen LogP contribution in [0.25, 0.3) is 0 Å². The maximum Gasteiger partial charge on any atom is 0.0613 e. The lowest BCUT2D eigenvalue weighted by atomic mass is 10.2. The molecule has 2 unspecified atom stereocenters. The van der Waals surface area contributed by atoms with E-state index >= 15 is 0 Å². The van der Waals surface area contributed by atoms with Crippen LogP contribution in [0.15, 0.2) is 17.5 Å². The van der Waals surface area contributed by atoms with Gasteiger partial charge in [-0.05, 0) is 25.3 Å². The third-order valence-electron chi connectivity index (χ3n) is 1.92. The van der Waals surface area contributed by atoms with Gasteiger partial charge >= 0.3 is 0 Å². The summed E-state index contributed by atoms with van der Waals surface area (Å²) in [7, 11) is 1.73. The van der Waals surface area contributed by atoms with Gasteiger partial charge < -0.3 is 10.1 Å². The summed E-state index contributed by atoms with van der Waals surface area (Å²) in [5.74, 6) is 0. The van der Waals surface area contributed by atoms with Gasteiger partial charge in [-0.15, -0.1) is 11.3 Å². The van der Waals surface area contributed by atoms with E-state index in [9.17, 15) is 0 Å². The Bertz CT molecular complexity index is 223. The zero-order valence-electron chi connectivity index (χ0n) is 8.41. The lowest BCUT2D eigenvalue weighted by Gasteiger charge is -2.18. The van der Waals surface area contributed by atoms with E-state index in [1.807, 2.05) is 0 Å². The summed E-state index contributed by atoms with van der Waals surface area (Å²) in [5.41, 5.74) is 0. The van der Waals surface area contributed by atoms with E-state index in [4.69, 9.17) is 4.74 Å². The molecule has 74 valence electrons. The van der Waals surface area contributed by atoms with Gasteiger partial charge in [0.25, 0.3) is 0 Å². The highest BCUT2D eigenvalue weighted by Gasteiger charge is 2.09. The zero-order chi connectivity index (χ0) is 9.68. The average molecular weight is 199 g/mol. The Morgan fingerprint density at radius 3 is 2.85 bits per heavy atom. The van der Waals surface area contributed by atoms with Gasteiger partial charge in [0.05, 0.1) is 6.61 Å². The number of rotatable bonds is 5. The summed E-state index contributed by atoms with van der Waals surface area (Å²) in [6, 6.07) is 5.06. The molecule has 1 aromatic heterocycles. The molecule has 0 radical (unpaired) electrons. The lowest BCUT2D eigenvalue weighted by Crippen LogP contribution is -2.32. The molecule has 0 saturated heterocycles. The van der Waals surface area contributed by atoms with Crippen molar-refractivity contribution in [2.24, 2.45) is 0 Å². The minimum atomic E-state index is 0.405. The van der Waals surface area contributed by atoms with Crippen LogP contribution in [0.2, 0.25) is 0 Å². The van der Waals surface area contributed by atoms with E-state index in [2.05, 4.69) is 36.7 Å². The van der Waals surface area contributed by atoms with E-state index in [-0.39, 0.29) is 0 Å². The van der Waals surface area contributed by atoms with E-state index in [0.717, 1.165) is 6.61 Å². The van der Waals surface area contributed by atoms with Crippen LogP contribution >= 0.6 is 11.3 Å². The molecule has 0 bridgehead atoms. The highest BCUT2D eigenvalue weighted by molar-refractivity contribution is 7.10. The third kappa shape index (κ3) is 3.46. The molecule has 0 aliphatic heterocycles. The fourth-order valence-electron chi connectivity index (χ4n) is 1.34. The Hall–Kier alpha value is -0.380. The predicted octanol–water partition coefficient (Wildman–Crippen LogP) is 2.43. The normalized spacial score (nSPS) is 15.6. The summed E-state index contributed by atoms with van der Waals surface area (Å²) in [6.45, 7) is 5.07. The van der Waals surface area contributed by atoms with Crippen molar-refractivity contribution in [3.63, 3.8) is 0 Å². The topological polar surface area (TPSA) is 21.3 Å².